The van der Waals surface area contributed by atoms with Crippen LogP contribution in [0.15, 0.2) is 18.2 Å². The molecule has 0 amide bonds. The first-order chi connectivity index (χ1) is 6.32. The number of sulfonamides is 1. The Bertz CT molecular complexity index is 447. The van der Waals surface area contributed by atoms with Gasteiger partial charge >= 0.3 is 0 Å². The molecule has 1 aromatic carbocycles. The molecule has 0 saturated heterocycles. The first-order valence-electron chi connectivity index (χ1n) is 3.79. The smallest absolute Gasteiger partial charge is 0.215 e. The fourth-order valence-corrected chi connectivity index (χ4v) is 1.96. The van der Waals surface area contributed by atoms with Gasteiger partial charge in [0.25, 0.3) is 0 Å². The Balaban J connectivity index is 3.21. The molecule has 0 saturated carbocycles. The number of rotatable bonds is 2. The van der Waals surface area contributed by atoms with Gasteiger partial charge in [0.2, 0.25) is 10.0 Å². The van der Waals surface area contributed by atoms with E-state index in [0.29, 0.717) is 5.56 Å². The summed E-state index contributed by atoms with van der Waals surface area (Å²) in [6.07, 6.45) is 0. The lowest BCUT2D eigenvalue weighted by Crippen LogP contribution is -2.19. The van der Waals surface area contributed by atoms with Crippen molar-refractivity contribution in [1.29, 1.82) is 0 Å². The Kier molecular flexibility index (Phi) is 3.14. The molecular formula is C8H9ClFNO2S. The van der Waals surface area contributed by atoms with Gasteiger partial charge in [0, 0.05) is 5.02 Å². The molecule has 2 N–H and O–H groups in total. The summed E-state index contributed by atoms with van der Waals surface area (Å²) in [6.45, 7) is 1.40. The van der Waals surface area contributed by atoms with Gasteiger partial charge in [-0.15, -0.1) is 0 Å². The highest BCUT2D eigenvalue weighted by Gasteiger charge is 2.20. The summed E-state index contributed by atoms with van der Waals surface area (Å²) in [5.74, 6) is -0.514. The Hall–Kier alpha value is -0.650. The lowest BCUT2D eigenvalue weighted by atomic mass is 10.2. The summed E-state index contributed by atoms with van der Waals surface area (Å²) in [5.41, 5.74) is 0.301. The van der Waals surface area contributed by atoms with Crippen LogP contribution in [0.3, 0.4) is 0 Å². The number of nitrogens with two attached hydrogens (primary N) is 1. The second kappa shape index (κ2) is 3.84. The predicted octanol–water partition coefficient (Wildman–Crippen LogP) is 1.83. The van der Waals surface area contributed by atoms with Crippen molar-refractivity contribution in [3.8, 4) is 0 Å². The van der Waals surface area contributed by atoms with Crippen LogP contribution in [0.25, 0.3) is 0 Å². The number of hydrogen-bond acceptors (Lipinski definition) is 2. The molecule has 6 heteroatoms. The van der Waals surface area contributed by atoms with Crippen molar-refractivity contribution in [3.05, 3.63) is 34.6 Å². The summed E-state index contributed by atoms with van der Waals surface area (Å²) in [7, 11) is -3.70. The Morgan fingerprint density at radius 2 is 2.07 bits per heavy atom. The maximum atomic E-state index is 12.6. The molecule has 0 radical (unpaired) electrons. The second-order valence-corrected chi connectivity index (χ2v) is 5.19. The fourth-order valence-electron chi connectivity index (χ4n) is 1.01. The quantitative estimate of drug-likeness (QED) is 0.853. The fraction of sp³-hybridized carbons (Fsp3) is 0.250. The Morgan fingerprint density at radius 3 is 2.50 bits per heavy atom. The zero-order valence-corrected chi connectivity index (χ0v) is 8.94. The SMILES string of the molecule is CC(c1ccc(F)cc1Cl)S(N)(=O)=O. The summed E-state index contributed by atoms with van der Waals surface area (Å²) >= 11 is 5.67. The van der Waals surface area contributed by atoms with E-state index in [1.165, 1.54) is 13.0 Å². The van der Waals surface area contributed by atoms with Gasteiger partial charge in [-0.2, -0.15) is 0 Å². The van der Waals surface area contributed by atoms with E-state index >= 15 is 0 Å². The van der Waals surface area contributed by atoms with Gasteiger partial charge in [-0.3, -0.25) is 0 Å². The molecule has 1 unspecified atom stereocenters. The third kappa shape index (κ3) is 2.43. The van der Waals surface area contributed by atoms with Crippen molar-refractivity contribution < 1.29 is 12.8 Å². The van der Waals surface area contributed by atoms with E-state index in [9.17, 15) is 12.8 Å². The van der Waals surface area contributed by atoms with E-state index < -0.39 is 21.1 Å². The van der Waals surface area contributed by atoms with Crippen LogP contribution in [0.2, 0.25) is 5.02 Å². The van der Waals surface area contributed by atoms with Gasteiger partial charge in [0.15, 0.2) is 0 Å². The molecule has 0 aliphatic rings. The highest BCUT2D eigenvalue weighted by Crippen LogP contribution is 2.27. The minimum absolute atomic E-state index is 0.0616. The molecule has 0 heterocycles. The van der Waals surface area contributed by atoms with Gasteiger partial charge in [0.1, 0.15) is 5.82 Å². The first kappa shape index (κ1) is 11.4. The van der Waals surface area contributed by atoms with Crippen molar-refractivity contribution in [2.45, 2.75) is 12.2 Å². The van der Waals surface area contributed by atoms with Crippen LogP contribution in [-0.2, 0) is 10.0 Å². The molecule has 14 heavy (non-hydrogen) atoms. The molecule has 3 nitrogen and oxygen atoms in total. The molecule has 1 rings (SSSR count). The number of halogens is 2. The van der Waals surface area contributed by atoms with Crippen molar-refractivity contribution in [2.75, 3.05) is 0 Å². The maximum Gasteiger partial charge on any atom is 0.215 e. The summed E-state index contributed by atoms with van der Waals surface area (Å²) < 4.78 is 34.6. The molecule has 1 atom stereocenters. The van der Waals surface area contributed by atoms with Crippen LogP contribution in [-0.4, -0.2) is 8.42 Å². The van der Waals surface area contributed by atoms with Crippen molar-refractivity contribution in [2.24, 2.45) is 5.14 Å². The normalized spacial score (nSPS) is 14.0. The van der Waals surface area contributed by atoms with E-state index in [1.54, 1.807) is 0 Å². The molecular weight excluding hydrogens is 229 g/mol. The lowest BCUT2D eigenvalue weighted by molar-refractivity contribution is 0.587. The Labute approximate surface area is 86.7 Å². The molecule has 1 aromatic rings. The van der Waals surface area contributed by atoms with Gasteiger partial charge < -0.3 is 0 Å². The molecule has 0 bridgehead atoms. The van der Waals surface area contributed by atoms with Gasteiger partial charge in [-0.05, 0) is 24.6 Å². The largest absolute Gasteiger partial charge is 0.228 e. The van der Waals surface area contributed by atoms with Crippen LogP contribution in [0.4, 0.5) is 4.39 Å². The van der Waals surface area contributed by atoms with Crippen molar-refractivity contribution in [1.82, 2.24) is 0 Å². The summed E-state index contributed by atoms with van der Waals surface area (Å²) in [4.78, 5) is 0. The summed E-state index contributed by atoms with van der Waals surface area (Å²) in [5, 5.41) is 4.06. The van der Waals surface area contributed by atoms with Crippen LogP contribution >= 0.6 is 11.6 Å². The van der Waals surface area contributed by atoms with Crippen LogP contribution in [0.5, 0.6) is 0 Å². The monoisotopic (exact) mass is 237 g/mol. The highest BCUT2D eigenvalue weighted by atomic mass is 35.5. The minimum Gasteiger partial charge on any atom is -0.228 e. The predicted molar refractivity (Wildman–Crippen MR) is 52.9 cm³/mol. The van der Waals surface area contributed by atoms with Gasteiger partial charge in [-0.25, -0.2) is 17.9 Å². The number of primary sulfonamides is 1. The van der Waals surface area contributed by atoms with Crippen LogP contribution in [0, 0.1) is 5.82 Å². The van der Waals surface area contributed by atoms with Crippen molar-refractivity contribution in [3.63, 3.8) is 0 Å². The molecule has 0 spiro atoms. The third-order valence-electron chi connectivity index (χ3n) is 1.89. The maximum absolute atomic E-state index is 12.6. The molecule has 0 fully saturated rings. The standard InChI is InChI=1S/C8H9ClFNO2S/c1-5(14(11,12)13)7-3-2-6(10)4-8(7)9/h2-5H,1H3,(H2,11,12,13). The van der Waals surface area contributed by atoms with E-state index in [2.05, 4.69) is 0 Å². The average Bonchev–Trinajstić information content (AvgIpc) is 2.01. The van der Waals surface area contributed by atoms with Crippen LogP contribution < -0.4 is 5.14 Å². The number of hydrogen-bond donors (Lipinski definition) is 1. The second-order valence-electron chi connectivity index (χ2n) is 2.90. The average molecular weight is 238 g/mol. The zero-order chi connectivity index (χ0) is 10.9. The van der Waals surface area contributed by atoms with E-state index in [4.69, 9.17) is 16.7 Å². The van der Waals surface area contributed by atoms with Crippen molar-refractivity contribution >= 4 is 21.6 Å². The minimum atomic E-state index is -3.70. The molecule has 0 aromatic heterocycles. The van der Waals surface area contributed by atoms with Gasteiger partial charge in [0.05, 0.1) is 5.25 Å². The number of benzene rings is 1. The third-order valence-corrected chi connectivity index (χ3v) is 3.46. The van der Waals surface area contributed by atoms with E-state index in [0.717, 1.165) is 12.1 Å². The van der Waals surface area contributed by atoms with Gasteiger partial charge in [-0.1, -0.05) is 17.7 Å². The highest BCUT2D eigenvalue weighted by molar-refractivity contribution is 7.89. The molecule has 78 valence electrons. The first-order valence-corrected chi connectivity index (χ1v) is 5.77. The summed E-state index contributed by atoms with van der Waals surface area (Å²) in [6, 6.07) is 3.51. The van der Waals surface area contributed by atoms with E-state index in [-0.39, 0.29) is 5.02 Å². The van der Waals surface area contributed by atoms with E-state index in [1.807, 2.05) is 0 Å². The zero-order valence-electron chi connectivity index (χ0n) is 7.37. The topological polar surface area (TPSA) is 60.2 Å². The van der Waals surface area contributed by atoms with Crippen LogP contribution in [0.1, 0.15) is 17.7 Å². The Morgan fingerprint density at radius 1 is 1.50 bits per heavy atom. The molecule has 0 aliphatic carbocycles. The lowest BCUT2D eigenvalue weighted by Gasteiger charge is -2.10. The molecule has 0 aliphatic heterocycles.